The Bertz CT molecular complexity index is 519. The molecule has 0 aromatic heterocycles. The Hall–Kier alpha value is -1.71. The zero-order valence-electron chi connectivity index (χ0n) is 12.4. The smallest absolute Gasteiger partial charge is 0.225 e. The van der Waals surface area contributed by atoms with Crippen molar-refractivity contribution >= 4 is 5.91 Å². The summed E-state index contributed by atoms with van der Waals surface area (Å²) in [5.74, 6) is 2.14. The summed E-state index contributed by atoms with van der Waals surface area (Å²) in [6.07, 6.45) is 1.84. The summed E-state index contributed by atoms with van der Waals surface area (Å²) in [7, 11) is 1.86. The molecule has 0 bridgehead atoms. The first-order valence-corrected chi connectivity index (χ1v) is 7.26. The standard InChI is InChI=1S/C16H21NO3/c1-10(2)16(18)17(3)9-13-12-5-7-19-14(12)8-11-4-6-20-15(11)13/h8,10H,4-7,9H2,1-3H3. The number of amides is 1. The molecule has 0 saturated heterocycles. The first-order chi connectivity index (χ1) is 9.58. The van der Waals surface area contributed by atoms with Crippen molar-refractivity contribution in [1.29, 1.82) is 0 Å². The van der Waals surface area contributed by atoms with Gasteiger partial charge in [-0.2, -0.15) is 0 Å². The maximum atomic E-state index is 12.1. The van der Waals surface area contributed by atoms with Crippen LogP contribution in [0.2, 0.25) is 0 Å². The minimum atomic E-state index is 0.0157. The number of hydrogen-bond acceptors (Lipinski definition) is 3. The highest BCUT2D eigenvalue weighted by molar-refractivity contribution is 5.78. The highest BCUT2D eigenvalue weighted by Gasteiger charge is 2.28. The maximum absolute atomic E-state index is 12.1. The molecule has 0 N–H and O–H groups in total. The van der Waals surface area contributed by atoms with Crippen molar-refractivity contribution in [1.82, 2.24) is 4.90 Å². The molecule has 0 spiro atoms. The highest BCUT2D eigenvalue weighted by atomic mass is 16.5. The molecule has 4 nitrogen and oxygen atoms in total. The van der Waals surface area contributed by atoms with Gasteiger partial charge in [0.15, 0.2) is 0 Å². The summed E-state index contributed by atoms with van der Waals surface area (Å²) in [6.45, 7) is 5.92. The van der Waals surface area contributed by atoms with Crippen LogP contribution in [0.5, 0.6) is 11.5 Å². The molecule has 3 rings (SSSR count). The van der Waals surface area contributed by atoms with Crippen molar-refractivity contribution in [3.8, 4) is 11.5 Å². The number of carbonyl (C=O) groups excluding carboxylic acids is 1. The second kappa shape index (κ2) is 5.00. The second-order valence-electron chi connectivity index (χ2n) is 5.87. The van der Waals surface area contributed by atoms with Gasteiger partial charge in [0.25, 0.3) is 0 Å². The summed E-state index contributed by atoms with van der Waals surface area (Å²) in [5, 5.41) is 0. The maximum Gasteiger partial charge on any atom is 0.225 e. The quantitative estimate of drug-likeness (QED) is 0.848. The van der Waals surface area contributed by atoms with Crippen LogP contribution >= 0.6 is 0 Å². The number of hydrogen-bond donors (Lipinski definition) is 0. The largest absolute Gasteiger partial charge is 0.493 e. The third-order valence-electron chi connectivity index (χ3n) is 4.03. The van der Waals surface area contributed by atoms with Crippen LogP contribution in [0.4, 0.5) is 0 Å². The van der Waals surface area contributed by atoms with Crippen molar-refractivity contribution in [3.63, 3.8) is 0 Å². The summed E-state index contributed by atoms with van der Waals surface area (Å²) in [6, 6.07) is 2.11. The van der Waals surface area contributed by atoms with Crippen LogP contribution in [-0.4, -0.2) is 31.1 Å². The molecule has 0 aliphatic carbocycles. The lowest BCUT2D eigenvalue weighted by Crippen LogP contribution is -2.30. The molecule has 2 aliphatic heterocycles. The molecule has 1 amide bonds. The van der Waals surface area contributed by atoms with Gasteiger partial charge in [-0.1, -0.05) is 13.8 Å². The van der Waals surface area contributed by atoms with E-state index in [9.17, 15) is 4.79 Å². The van der Waals surface area contributed by atoms with E-state index in [1.165, 1.54) is 11.1 Å². The van der Waals surface area contributed by atoms with Crippen LogP contribution in [0.25, 0.3) is 0 Å². The zero-order valence-corrected chi connectivity index (χ0v) is 12.4. The van der Waals surface area contributed by atoms with Crippen LogP contribution in [0.15, 0.2) is 6.07 Å². The molecule has 108 valence electrons. The normalized spacial score (nSPS) is 15.6. The monoisotopic (exact) mass is 275 g/mol. The lowest BCUT2D eigenvalue weighted by Gasteiger charge is -2.22. The lowest BCUT2D eigenvalue weighted by atomic mass is 9.99. The molecule has 1 aromatic carbocycles. The molecule has 0 saturated carbocycles. The zero-order chi connectivity index (χ0) is 14.3. The molecule has 4 heteroatoms. The third-order valence-corrected chi connectivity index (χ3v) is 4.03. The van der Waals surface area contributed by atoms with Gasteiger partial charge >= 0.3 is 0 Å². The molecular weight excluding hydrogens is 254 g/mol. The van der Waals surface area contributed by atoms with Crippen LogP contribution in [0.1, 0.15) is 30.5 Å². The van der Waals surface area contributed by atoms with Gasteiger partial charge in [-0.3, -0.25) is 4.79 Å². The van der Waals surface area contributed by atoms with Crippen LogP contribution in [0, 0.1) is 5.92 Å². The summed E-state index contributed by atoms with van der Waals surface area (Å²) in [5.41, 5.74) is 3.57. The Labute approximate surface area is 119 Å². The van der Waals surface area contributed by atoms with Crippen molar-refractivity contribution in [2.45, 2.75) is 33.2 Å². The van der Waals surface area contributed by atoms with E-state index < -0.39 is 0 Å². The Kier molecular flexibility index (Phi) is 3.32. The van der Waals surface area contributed by atoms with Gasteiger partial charge in [0.1, 0.15) is 11.5 Å². The fourth-order valence-corrected chi connectivity index (χ4v) is 3.01. The number of nitrogens with zero attached hydrogens (tertiary/aromatic N) is 1. The van der Waals surface area contributed by atoms with Crippen LogP contribution < -0.4 is 9.47 Å². The van der Waals surface area contributed by atoms with E-state index in [1.54, 1.807) is 4.90 Å². The fraction of sp³-hybridized carbons (Fsp3) is 0.562. The van der Waals surface area contributed by atoms with E-state index in [0.29, 0.717) is 6.54 Å². The first-order valence-electron chi connectivity index (χ1n) is 7.26. The third kappa shape index (κ3) is 2.13. The van der Waals surface area contributed by atoms with Gasteiger partial charge in [0.05, 0.1) is 13.2 Å². The van der Waals surface area contributed by atoms with E-state index >= 15 is 0 Å². The van der Waals surface area contributed by atoms with Gasteiger partial charge in [-0.05, 0) is 6.07 Å². The predicted octanol–water partition coefficient (Wildman–Crippen LogP) is 2.17. The van der Waals surface area contributed by atoms with Crippen molar-refractivity contribution < 1.29 is 14.3 Å². The number of benzene rings is 1. The highest BCUT2D eigenvalue weighted by Crippen LogP contribution is 2.41. The summed E-state index contributed by atoms with van der Waals surface area (Å²) >= 11 is 0. The number of carbonyl (C=O) groups is 1. The first kappa shape index (κ1) is 13.3. The van der Waals surface area contributed by atoms with Gasteiger partial charge < -0.3 is 14.4 Å². The molecule has 2 heterocycles. The molecular formula is C16H21NO3. The van der Waals surface area contributed by atoms with Gasteiger partial charge in [0, 0.05) is 49.0 Å². The van der Waals surface area contributed by atoms with Crippen LogP contribution in [0.3, 0.4) is 0 Å². The van der Waals surface area contributed by atoms with Gasteiger partial charge in [-0.15, -0.1) is 0 Å². The SMILES string of the molecule is CC(C)C(=O)N(C)Cc1c2c(cc3c1OCC3)OCC2. The van der Waals surface area contributed by atoms with Crippen molar-refractivity contribution in [3.05, 3.63) is 22.8 Å². The Morgan fingerprint density at radius 1 is 1.30 bits per heavy atom. The van der Waals surface area contributed by atoms with Crippen LogP contribution in [-0.2, 0) is 24.2 Å². The minimum absolute atomic E-state index is 0.0157. The van der Waals surface area contributed by atoms with E-state index in [1.807, 2.05) is 20.9 Å². The summed E-state index contributed by atoms with van der Waals surface area (Å²) < 4.78 is 11.5. The number of fused-ring (bicyclic) bond motifs is 2. The number of ether oxygens (including phenoxy) is 2. The fourth-order valence-electron chi connectivity index (χ4n) is 3.01. The molecule has 0 unspecified atom stereocenters. The minimum Gasteiger partial charge on any atom is -0.493 e. The van der Waals surface area contributed by atoms with E-state index in [-0.39, 0.29) is 11.8 Å². The number of rotatable bonds is 3. The second-order valence-corrected chi connectivity index (χ2v) is 5.87. The summed E-state index contributed by atoms with van der Waals surface area (Å²) in [4.78, 5) is 13.9. The Morgan fingerprint density at radius 2 is 2.05 bits per heavy atom. The van der Waals surface area contributed by atoms with E-state index in [4.69, 9.17) is 9.47 Å². The Morgan fingerprint density at radius 3 is 2.80 bits per heavy atom. The molecule has 1 aromatic rings. The molecule has 0 atom stereocenters. The lowest BCUT2D eigenvalue weighted by molar-refractivity contribution is -0.133. The predicted molar refractivity (Wildman–Crippen MR) is 76.2 cm³/mol. The molecule has 20 heavy (non-hydrogen) atoms. The molecule has 2 aliphatic rings. The average Bonchev–Trinajstić information content (AvgIpc) is 3.05. The topological polar surface area (TPSA) is 38.8 Å². The van der Waals surface area contributed by atoms with E-state index in [0.717, 1.165) is 43.1 Å². The molecule has 0 radical (unpaired) electrons. The van der Waals surface area contributed by atoms with Gasteiger partial charge in [-0.25, -0.2) is 0 Å². The van der Waals surface area contributed by atoms with Gasteiger partial charge in [0.2, 0.25) is 5.91 Å². The van der Waals surface area contributed by atoms with Crippen molar-refractivity contribution in [2.24, 2.45) is 5.92 Å². The van der Waals surface area contributed by atoms with Crippen molar-refractivity contribution in [2.75, 3.05) is 20.3 Å². The average molecular weight is 275 g/mol. The Balaban J connectivity index is 1.95. The molecule has 0 fully saturated rings. The van der Waals surface area contributed by atoms with E-state index in [2.05, 4.69) is 6.07 Å².